The summed E-state index contributed by atoms with van der Waals surface area (Å²) in [5.41, 5.74) is 1.94. The number of hydrogen-bond donors (Lipinski definition) is 2. The third-order valence-corrected chi connectivity index (χ3v) is 1.21. The van der Waals surface area contributed by atoms with Crippen LogP contribution in [-0.2, 0) is 14.3 Å². The van der Waals surface area contributed by atoms with Crippen molar-refractivity contribution in [3.63, 3.8) is 0 Å². The number of nitrogens with one attached hydrogen (secondary N) is 1. The van der Waals surface area contributed by atoms with Crippen molar-refractivity contribution in [1.29, 1.82) is 0 Å². The van der Waals surface area contributed by atoms with Gasteiger partial charge in [-0.25, -0.2) is 5.84 Å². The Kier molecular flexibility index (Phi) is 5.03. The Hall–Kier alpha value is -1.10. The minimum absolute atomic E-state index is 0.0834. The molecule has 0 bridgehead atoms. The van der Waals surface area contributed by atoms with Gasteiger partial charge < -0.3 is 4.74 Å². The highest BCUT2D eigenvalue weighted by Crippen LogP contribution is 1.96. The van der Waals surface area contributed by atoms with Gasteiger partial charge in [-0.05, 0) is 0 Å². The average molecular weight is 174 g/mol. The highest BCUT2D eigenvalue weighted by molar-refractivity contribution is 5.76. The number of carbonyl (C=O) groups excluding carboxylic acids is 2. The van der Waals surface area contributed by atoms with Crippen LogP contribution in [0.15, 0.2) is 0 Å². The molecule has 0 atom stereocenters. The maximum absolute atomic E-state index is 10.8. The van der Waals surface area contributed by atoms with E-state index in [-0.39, 0.29) is 30.8 Å². The summed E-state index contributed by atoms with van der Waals surface area (Å²) in [4.78, 5) is 21.4. The highest BCUT2D eigenvalue weighted by Gasteiger charge is 2.08. The van der Waals surface area contributed by atoms with E-state index < -0.39 is 0 Å². The van der Waals surface area contributed by atoms with Crippen LogP contribution in [-0.4, -0.2) is 18.5 Å². The molecule has 0 unspecified atom stereocenters. The zero-order chi connectivity index (χ0) is 9.56. The lowest BCUT2D eigenvalue weighted by atomic mass is 10.2. The number of ether oxygens (including phenoxy) is 1. The zero-order valence-electron chi connectivity index (χ0n) is 7.29. The molecule has 1 amide bonds. The Morgan fingerprint density at radius 1 is 1.50 bits per heavy atom. The first-order valence-electron chi connectivity index (χ1n) is 3.74. The quantitative estimate of drug-likeness (QED) is 0.262. The summed E-state index contributed by atoms with van der Waals surface area (Å²) in [5.74, 6) is 4.00. The number of nitrogens with two attached hydrogens (primary N) is 1. The molecule has 0 fully saturated rings. The Labute approximate surface area is 71.2 Å². The Morgan fingerprint density at radius 2 is 2.08 bits per heavy atom. The van der Waals surface area contributed by atoms with Gasteiger partial charge in [0, 0.05) is 0 Å². The molecule has 0 aromatic rings. The van der Waals surface area contributed by atoms with E-state index in [4.69, 9.17) is 10.6 Å². The number of hydrazine groups is 1. The molecule has 12 heavy (non-hydrogen) atoms. The molecule has 0 aliphatic rings. The zero-order valence-corrected chi connectivity index (χ0v) is 7.29. The topological polar surface area (TPSA) is 81.4 Å². The van der Waals surface area contributed by atoms with Crippen molar-refractivity contribution in [1.82, 2.24) is 5.43 Å². The lowest BCUT2D eigenvalue weighted by Gasteiger charge is -2.05. The largest absolute Gasteiger partial charge is 0.465 e. The van der Waals surface area contributed by atoms with Gasteiger partial charge in [-0.2, -0.15) is 0 Å². The van der Waals surface area contributed by atoms with Gasteiger partial charge in [-0.15, -0.1) is 0 Å². The van der Waals surface area contributed by atoms with Crippen LogP contribution < -0.4 is 11.3 Å². The number of hydrogen-bond acceptors (Lipinski definition) is 4. The lowest BCUT2D eigenvalue weighted by molar-refractivity contribution is -0.147. The maximum atomic E-state index is 10.8. The average Bonchev–Trinajstić information content (AvgIpc) is 2.03. The van der Waals surface area contributed by atoms with Gasteiger partial charge in [0.1, 0.15) is 6.61 Å². The number of rotatable bonds is 4. The minimum Gasteiger partial charge on any atom is -0.465 e. The molecule has 0 rings (SSSR count). The molecule has 70 valence electrons. The molecule has 0 saturated carbocycles. The predicted molar refractivity (Wildman–Crippen MR) is 42.7 cm³/mol. The van der Waals surface area contributed by atoms with Crippen molar-refractivity contribution >= 4 is 11.9 Å². The molecular weight excluding hydrogens is 160 g/mol. The summed E-state index contributed by atoms with van der Waals surface area (Å²) >= 11 is 0. The van der Waals surface area contributed by atoms with Crippen molar-refractivity contribution in [2.24, 2.45) is 11.8 Å². The fourth-order valence-corrected chi connectivity index (χ4v) is 0.483. The molecule has 0 aliphatic heterocycles. The molecule has 0 radical (unpaired) electrons. The van der Waals surface area contributed by atoms with Crippen LogP contribution in [0.3, 0.4) is 0 Å². The third kappa shape index (κ3) is 4.68. The normalized spacial score (nSPS) is 9.67. The summed E-state index contributed by atoms with van der Waals surface area (Å²) in [7, 11) is 0. The molecule has 5 nitrogen and oxygen atoms in total. The summed E-state index contributed by atoms with van der Waals surface area (Å²) < 4.78 is 4.72. The molecule has 3 N–H and O–H groups in total. The molecule has 5 heteroatoms. The molecule has 0 aromatic heterocycles. The lowest BCUT2D eigenvalue weighted by Crippen LogP contribution is -2.31. The van der Waals surface area contributed by atoms with Crippen LogP contribution in [0, 0.1) is 5.92 Å². The number of amides is 1. The molecular formula is C7H14N2O3. The molecule has 0 heterocycles. The summed E-state index contributed by atoms with van der Waals surface area (Å²) in [6.07, 6.45) is 0.106. The van der Waals surface area contributed by atoms with Gasteiger partial charge in [0.15, 0.2) is 0 Å². The summed E-state index contributed by atoms with van der Waals surface area (Å²) in [5, 5.41) is 0. The molecule has 0 aliphatic carbocycles. The van der Waals surface area contributed by atoms with Gasteiger partial charge >= 0.3 is 5.97 Å². The van der Waals surface area contributed by atoms with Gasteiger partial charge in [0.2, 0.25) is 5.91 Å². The first kappa shape index (κ1) is 10.9. The van der Waals surface area contributed by atoms with Crippen LogP contribution in [0.4, 0.5) is 0 Å². The fourth-order valence-electron chi connectivity index (χ4n) is 0.483. The van der Waals surface area contributed by atoms with E-state index in [0.29, 0.717) is 0 Å². The van der Waals surface area contributed by atoms with E-state index >= 15 is 0 Å². The van der Waals surface area contributed by atoms with E-state index in [1.807, 2.05) is 5.43 Å². The van der Waals surface area contributed by atoms with Gasteiger partial charge in [0.25, 0.3) is 0 Å². The standard InChI is InChI=1S/C7H14N2O3/c1-5(2)7(11)12-4-3-6(10)9-8/h5H,3-4,8H2,1-2H3,(H,9,10). The monoisotopic (exact) mass is 174 g/mol. The molecule has 0 aromatic carbocycles. The molecule has 0 saturated heterocycles. The van der Waals surface area contributed by atoms with Crippen LogP contribution in [0.5, 0.6) is 0 Å². The summed E-state index contributed by atoms with van der Waals surface area (Å²) in [6.45, 7) is 3.54. The molecule has 0 spiro atoms. The van der Waals surface area contributed by atoms with Crippen LogP contribution in [0.1, 0.15) is 20.3 Å². The van der Waals surface area contributed by atoms with E-state index in [2.05, 4.69) is 0 Å². The van der Waals surface area contributed by atoms with Crippen LogP contribution in [0.25, 0.3) is 0 Å². The van der Waals surface area contributed by atoms with Crippen molar-refractivity contribution in [3.05, 3.63) is 0 Å². The Morgan fingerprint density at radius 3 is 2.50 bits per heavy atom. The van der Waals surface area contributed by atoms with Crippen molar-refractivity contribution < 1.29 is 14.3 Å². The van der Waals surface area contributed by atoms with E-state index in [9.17, 15) is 9.59 Å². The minimum atomic E-state index is -0.341. The second kappa shape index (κ2) is 5.54. The Balaban J connectivity index is 3.44. The smallest absolute Gasteiger partial charge is 0.308 e. The van der Waals surface area contributed by atoms with Gasteiger partial charge in [-0.3, -0.25) is 15.0 Å². The first-order valence-corrected chi connectivity index (χ1v) is 3.74. The number of carbonyl (C=O) groups is 2. The van der Waals surface area contributed by atoms with Crippen molar-refractivity contribution in [2.45, 2.75) is 20.3 Å². The Bertz CT molecular complexity index is 168. The fraction of sp³-hybridized carbons (Fsp3) is 0.714. The summed E-state index contributed by atoms with van der Waals surface area (Å²) in [6, 6.07) is 0. The SMILES string of the molecule is CC(C)C(=O)OCCC(=O)NN. The van der Waals surface area contributed by atoms with Gasteiger partial charge in [-0.1, -0.05) is 13.8 Å². The van der Waals surface area contributed by atoms with Gasteiger partial charge in [0.05, 0.1) is 12.3 Å². The van der Waals surface area contributed by atoms with E-state index in [0.717, 1.165) is 0 Å². The third-order valence-electron chi connectivity index (χ3n) is 1.21. The maximum Gasteiger partial charge on any atom is 0.308 e. The van der Waals surface area contributed by atoms with E-state index in [1.54, 1.807) is 13.8 Å². The second-order valence-corrected chi connectivity index (χ2v) is 2.64. The number of esters is 1. The predicted octanol–water partition coefficient (Wildman–Crippen LogP) is -0.434. The highest BCUT2D eigenvalue weighted by atomic mass is 16.5. The van der Waals surface area contributed by atoms with E-state index in [1.165, 1.54) is 0 Å². The van der Waals surface area contributed by atoms with Crippen molar-refractivity contribution in [3.8, 4) is 0 Å². The first-order chi connectivity index (χ1) is 5.57. The van der Waals surface area contributed by atoms with Crippen molar-refractivity contribution in [2.75, 3.05) is 6.61 Å². The van der Waals surface area contributed by atoms with Crippen LogP contribution >= 0.6 is 0 Å². The second-order valence-electron chi connectivity index (χ2n) is 2.64. The van der Waals surface area contributed by atoms with Crippen LogP contribution in [0.2, 0.25) is 0 Å².